The Bertz CT molecular complexity index is 452. The third-order valence-corrected chi connectivity index (χ3v) is 5.46. The van der Waals surface area contributed by atoms with Crippen molar-refractivity contribution >= 4 is 21.8 Å². The highest BCUT2D eigenvalue weighted by Crippen LogP contribution is 2.34. The lowest BCUT2D eigenvalue weighted by atomic mass is 9.79. The van der Waals surface area contributed by atoms with Gasteiger partial charge >= 0.3 is 11.9 Å². The summed E-state index contributed by atoms with van der Waals surface area (Å²) < 4.78 is 33.3. The van der Waals surface area contributed by atoms with E-state index in [1.54, 1.807) is 13.8 Å². The molecular weight excluding hydrogens is 296 g/mol. The first kappa shape index (κ1) is 17.9. The number of hydrogen-bond donors (Lipinski definition) is 0. The maximum absolute atomic E-state index is 12.0. The minimum Gasteiger partial charge on any atom is -0.465 e. The van der Waals surface area contributed by atoms with E-state index in [0.717, 1.165) is 0 Å². The SMILES string of the molecule is CCOC(=O)C(C(=O)OCC)C1CCCC(S(C)(=O)=O)C1. The zero-order valence-corrected chi connectivity index (χ0v) is 13.6. The van der Waals surface area contributed by atoms with E-state index in [9.17, 15) is 18.0 Å². The monoisotopic (exact) mass is 320 g/mol. The van der Waals surface area contributed by atoms with Crippen LogP contribution in [0, 0.1) is 11.8 Å². The number of esters is 2. The van der Waals surface area contributed by atoms with Crippen LogP contribution in [0.2, 0.25) is 0 Å². The molecule has 2 atom stereocenters. The number of carbonyl (C=O) groups is 2. The Morgan fingerprint density at radius 2 is 1.62 bits per heavy atom. The minimum absolute atomic E-state index is 0.178. The summed E-state index contributed by atoms with van der Waals surface area (Å²) in [6, 6.07) is 0. The molecule has 6 nitrogen and oxygen atoms in total. The van der Waals surface area contributed by atoms with E-state index in [-0.39, 0.29) is 19.1 Å². The molecule has 1 aliphatic rings. The van der Waals surface area contributed by atoms with Crippen molar-refractivity contribution in [3.05, 3.63) is 0 Å². The van der Waals surface area contributed by atoms with Gasteiger partial charge in [0.1, 0.15) is 9.84 Å². The summed E-state index contributed by atoms with van der Waals surface area (Å²) in [7, 11) is -3.17. The zero-order chi connectivity index (χ0) is 16.0. The maximum atomic E-state index is 12.0. The lowest BCUT2D eigenvalue weighted by Gasteiger charge is -2.31. The average Bonchev–Trinajstić information content (AvgIpc) is 2.39. The Morgan fingerprint density at radius 3 is 2.05 bits per heavy atom. The van der Waals surface area contributed by atoms with Crippen LogP contribution in [0.5, 0.6) is 0 Å². The van der Waals surface area contributed by atoms with Crippen molar-refractivity contribution in [1.29, 1.82) is 0 Å². The molecule has 0 aromatic heterocycles. The predicted octanol–water partition coefficient (Wildman–Crippen LogP) is 1.33. The molecule has 1 saturated carbocycles. The van der Waals surface area contributed by atoms with Gasteiger partial charge in [0.05, 0.1) is 18.5 Å². The maximum Gasteiger partial charge on any atom is 0.320 e. The fourth-order valence-corrected chi connectivity index (χ4v) is 4.01. The van der Waals surface area contributed by atoms with E-state index in [0.29, 0.717) is 25.7 Å². The van der Waals surface area contributed by atoms with E-state index >= 15 is 0 Å². The third-order valence-electron chi connectivity index (χ3n) is 3.82. The van der Waals surface area contributed by atoms with Gasteiger partial charge in [-0.05, 0) is 39.0 Å². The van der Waals surface area contributed by atoms with Gasteiger partial charge in [-0.25, -0.2) is 8.42 Å². The van der Waals surface area contributed by atoms with Crippen LogP contribution in [-0.4, -0.2) is 45.1 Å². The van der Waals surface area contributed by atoms with Gasteiger partial charge in [0.15, 0.2) is 5.92 Å². The van der Waals surface area contributed by atoms with Crippen molar-refractivity contribution in [2.75, 3.05) is 19.5 Å². The molecule has 0 aromatic rings. The first-order chi connectivity index (χ1) is 9.81. The number of ether oxygens (including phenoxy) is 2. The van der Waals surface area contributed by atoms with E-state index < -0.39 is 32.9 Å². The minimum atomic E-state index is -3.17. The molecular formula is C14H24O6S. The molecule has 0 aliphatic heterocycles. The third kappa shape index (κ3) is 4.98. The first-order valence-electron chi connectivity index (χ1n) is 7.33. The molecule has 0 amide bonds. The normalized spacial score (nSPS) is 22.9. The zero-order valence-electron chi connectivity index (χ0n) is 12.8. The smallest absolute Gasteiger partial charge is 0.320 e. The first-order valence-corrected chi connectivity index (χ1v) is 9.28. The summed E-state index contributed by atoms with van der Waals surface area (Å²) in [5.74, 6) is -2.59. The molecule has 0 saturated heterocycles. The van der Waals surface area contributed by atoms with E-state index in [4.69, 9.17) is 9.47 Å². The Balaban J connectivity index is 2.91. The Morgan fingerprint density at radius 1 is 1.10 bits per heavy atom. The molecule has 122 valence electrons. The van der Waals surface area contributed by atoms with Crippen molar-refractivity contribution in [2.24, 2.45) is 11.8 Å². The standard InChI is InChI=1S/C14H24O6S/c1-4-19-13(15)12(14(16)20-5-2)10-7-6-8-11(9-10)21(3,17)18/h10-12H,4-9H2,1-3H3. The average molecular weight is 320 g/mol. The van der Waals surface area contributed by atoms with Gasteiger partial charge in [-0.15, -0.1) is 0 Å². The molecule has 0 aromatic carbocycles. The number of sulfone groups is 1. The Hall–Kier alpha value is -1.11. The summed E-state index contributed by atoms with van der Waals surface area (Å²) in [5, 5.41) is -0.498. The largest absolute Gasteiger partial charge is 0.465 e. The summed E-state index contributed by atoms with van der Waals surface area (Å²) in [6.07, 6.45) is 3.39. The highest BCUT2D eigenvalue weighted by Gasteiger charge is 2.41. The second kappa shape index (κ2) is 7.77. The van der Waals surface area contributed by atoms with Crippen LogP contribution in [0.4, 0.5) is 0 Å². The lowest BCUT2D eigenvalue weighted by molar-refractivity contribution is -0.165. The molecule has 0 radical (unpaired) electrons. The van der Waals surface area contributed by atoms with Crippen LogP contribution in [0.25, 0.3) is 0 Å². The molecule has 0 spiro atoms. The Labute approximate surface area is 126 Å². The van der Waals surface area contributed by atoms with Crippen LogP contribution >= 0.6 is 0 Å². The van der Waals surface area contributed by atoms with E-state index in [1.807, 2.05) is 0 Å². The van der Waals surface area contributed by atoms with Crippen LogP contribution in [0.3, 0.4) is 0 Å². The van der Waals surface area contributed by atoms with Gasteiger partial charge < -0.3 is 9.47 Å². The number of rotatable bonds is 6. The Kier molecular flexibility index (Phi) is 6.64. The van der Waals surface area contributed by atoms with E-state index in [2.05, 4.69) is 0 Å². The molecule has 7 heteroatoms. The molecule has 1 rings (SSSR count). The lowest BCUT2D eigenvalue weighted by Crippen LogP contribution is -2.39. The summed E-state index contributed by atoms with van der Waals surface area (Å²) in [4.78, 5) is 24.1. The van der Waals surface area contributed by atoms with Crippen molar-refractivity contribution in [3.8, 4) is 0 Å². The van der Waals surface area contributed by atoms with Gasteiger partial charge in [0, 0.05) is 6.26 Å². The quantitative estimate of drug-likeness (QED) is 0.542. The van der Waals surface area contributed by atoms with Crippen molar-refractivity contribution in [2.45, 2.75) is 44.8 Å². The predicted molar refractivity (Wildman–Crippen MR) is 77.3 cm³/mol. The molecule has 2 unspecified atom stereocenters. The molecule has 0 N–H and O–H groups in total. The van der Waals surface area contributed by atoms with Crippen molar-refractivity contribution in [1.82, 2.24) is 0 Å². The molecule has 1 fully saturated rings. The molecule has 0 bridgehead atoms. The van der Waals surface area contributed by atoms with Gasteiger partial charge in [-0.1, -0.05) is 6.42 Å². The van der Waals surface area contributed by atoms with Crippen LogP contribution in [0.1, 0.15) is 39.5 Å². The fourth-order valence-electron chi connectivity index (χ4n) is 2.82. The summed E-state index contributed by atoms with van der Waals surface area (Å²) in [5.41, 5.74) is 0. The topological polar surface area (TPSA) is 86.7 Å². The van der Waals surface area contributed by atoms with Gasteiger partial charge in [0.2, 0.25) is 0 Å². The number of hydrogen-bond acceptors (Lipinski definition) is 6. The van der Waals surface area contributed by atoms with E-state index in [1.165, 1.54) is 6.26 Å². The van der Waals surface area contributed by atoms with Crippen LogP contribution in [-0.2, 0) is 28.9 Å². The van der Waals surface area contributed by atoms with Crippen molar-refractivity contribution in [3.63, 3.8) is 0 Å². The van der Waals surface area contributed by atoms with Crippen LogP contribution in [0.15, 0.2) is 0 Å². The summed E-state index contributed by atoms with van der Waals surface area (Å²) >= 11 is 0. The van der Waals surface area contributed by atoms with Gasteiger partial charge in [-0.3, -0.25) is 9.59 Å². The van der Waals surface area contributed by atoms with Crippen molar-refractivity contribution < 1.29 is 27.5 Å². The second-order valence-corrected chi connectivity index (χ2v) is 7.69. The van der Waals surface area contributed by atoms with Gasteiger partial charge in [-0.2, -0.15) is 0 Å². The highest BCUT2D eigenvalue weighted by atomic mass is 32.2. The second-order valence-electron chi connectivity index (χ2n) is 5.36. The molecule has 1 aliphatic carbocycles. The molecule has 21 heavy (non-hydrogen) atoms. The summed E-state index contributed by atoms with van der Waals surface area (Å²) in [6.45, 7) is 3.69. The molecule has 0 heterocycles. The highest BCUT2D eigenvalue weighted by molar-refractivity contribution is 7.91. The van der Waals surface area contributed by atoms with Crippen LogP contribution < -0.4 is 0 Å². The fraction of sp³-hybridized carbons (Fsp3) is 0.857. The van der Waals surface area contributed by atoms with Gasteiger partial charge in [0.25, 0.3) is 0 Å². The number of carbonyl (C=O) groups excluding carboxylic acids is 2.